The molecule has 0 aliphatic carbocycles. The molecular formula is C15H15N3OS. The first kappa shape index (κ1) is 11.9. The topological polar surface area (TPSA) is 45.2 Å². The molecule has 1 amide bonds. The van der Waals surface area contributed by atoms with E-state index in [4.69, 9.17) is 4.98 Å². The molecule has 4 nitrogen and oxygen atoms in total. The fourth-order valence-electron chi connectivity index (χ4n) is 3.05. The van der Waals surface area contributed by atoms with Gasteiger partial charge in [0.2, 0.25) is 5.91 Å². The molecule has 2 aliphatic rings. The average Bonchev–Trinajstić information content (AvgIpc) is 3.17. The molecule has 1 aromatic heterocycles. The van der Waals surface area contributed by atoms with Crippen molar-refractivity contribution in [3.05, 3.63) is 35.7 Å². The van der Waals surface area contributed by atoms with E-state index < -0.39 is 0 Å². The molecule has 20 heavy (non-hydrogen) atoms. The second-order valence-electron chi connectivity index (χ2n) is 5.40. The van der Waals surface area contributed by atoms with Crippen LogP contribution in [-0.2, 0) is 4.79 Å². The number of hydrogen-bond donors (Lipinski definition) is 1. The van der Waals surface area contributed by atoms with E-state index in [1.165, 1.54) is 0 Å². The van der Waals surface area contributed by atoms with E-state index in [0.29, 0.717) is 5.92 Å². The SMILES string of the molecule is O=C1NC[C@H]2CN(c3nc(-c4ccccc4)cs3)C[C@@H]12. The summed E-state index contributed by atoms with van der Waals surface area (Å²) in [6, 6.07) is 10.2. The fraction of sp³-hybridized carbons (Fsp3) is 0.333. The van der Waals surface area contributed by atoms with Gasteiger partial charge in [0.1, 0.15) is 0 Å². The first-order valence-corrected chi connectivity index (χ1v) is 7.73. The zero-order valence-electron chi connectivity index (χ0n) is 11.0. The van der Waals surface area contributed by atoms with Crippen molar-refractivity contribution in [2.24, 2.45) is 11.8 Å². The second kappa shape index (κ2) is 4.59. The number of fused-ring (bicyclic) bond motifs is 1. The highest BCUT2D eigenvalue weighted by Crippen LogP contribution is 2.34. The molecule has 1 aromatic carbocycles. The van der Waals surface area contributed by atoms with Crippen LogP contribution in [0.4, 0.5) is 5.13 Å². The van der Waals surface area contributed by atoms with Gasteiger partial charge in [0.05, 0.1) is 11.6 Å². The van der Waals surface area contributed by atoms with Crippen molar-refractivity contribution in [2.75, 3.05) is 24.5 Å². The average molecular weight is 285 g/mol. The van der Waals surface area contributed by atoms with E-state index in [9.17, 15) is 4.79 Å². The van der Waals surface area contributed by atoms with Crippen molar-refractivity contribution in [1.29, 1.82) is 0 Å². The summed E-state index contributed by atoms with van der Waals surface area (Å²) in [5, 5.41) is 6.07. The van der Waals surface area contributed by atoms with Gasteiger partial charge in [-0.25, -0.2) is 4.98 Å². The predicted octanol–water partition coefficient (Wildman–Crippen LogP) is 1.99. The molecule has 4 rings (SSSR count). The third-order valence-corrected chi connectivity index (χ3v) is 5.05. The highest BCUT2D eigenvalue weighted by molar-refractivity contribution is 7.14. The van der Waals surface area contributed by atoms with Gasteiger partial charge in [0, 0.05) is 36.5 Å². The van der Waals surface area contributed by atoms with Crippen LogP contribution in [0.5, 0.6) is 0 Å². The largest absolute Gasteiger partial charge is 0.355 e. The standard InChI is InChI=1S/C15H15N3OS/c19-14-12-8-18(7-11(12)6-16-14)15-17-13(9-20-15)10-4-2-1-3-5-10/h1-5,9,11-12H,6-8H2,(H,16,19)/t11-,12+/m0/s1. The van der Waals surface area contributed by atoms with Crippen molar-refractivity contribution in [3.63, 3.8) is 0 Å². The lowest BCUT2D eigenvalue weighted by atomic mass is 10.0. The molecule has 0 spiro atoms. The Hall–Kier alpha value is -1.88. The number of carbonyl (C=O) groups is 1. The maximum atomic E-state index is 11.7. The summed E-state index contributed by atoms with van der Waals surface area (Å²) in [6.07, 6.45) is 0. The molecule has 2 atom stereocenters. The van der Waals surface area contributed by atoms with Crippen molar-refractivity contribution in [1.82, 2.24) is 10.3 Å². The maximum absolute atomic E-state index is 11.7. The van der Waals surface area contributed by atoms with Crippen molar-refractivity contribution in [2.45, 2.75) is 0 Å². The summed E-state index contributed by atoms with van der Waals surface area (Å²) >= 11 is 1.66. The van der Waals surface area contributed by atoms with Gasteiger partial charge >= 0.3 is 0 Å². The van der Waals surface area contributed by atoms with Crippen molar-refractivity contribution in [3.8, 4) is 11.3 Å². The first-order valence-electron chi connectivity index (χ1n) is 6.85. The lowest BCUT2D eigenvalue weighted by Gasteiger charge is -2.15. The molecule has 2 aromatic rings. The number of carbonyl (C=O) groups excluding carboxylic acids is 1. The number of anilines is 1. The molecule has 0 unspecified atom stereocenters. The Morgan fingerprint density at radius 3 is 2.90 bits per heavy atom. The molecule has 3 heterocycles. The smallest absolute Gasteiger partial charge is 0.225 e. The van der Waals surface area contributed by atoms with Crippen LogP contribution in [0.25, 0.3) is 11.3 Å². The van der Waals surface area contributed by atoms with Gasteiger partial charge in [-0.3, -0.25) is 4.79 Å². The zero-order valence-corrected chi connectivity index (χ0v) is 11.8. The lowest BCUT2D eigenvalue weighted by molar-refractivity contribution is -0.122. The number of nitrogens with zero attached hydrogens (tertiary/aromatic N) is 2. The van der Waals surface area contributed by atoms with E-state index in [1.807, 2.05) is 18.2 Å². The quantitative estimate of drug-likeness (QED) is 0.918. The molecule has 2 fully saturated rings. The van der Waals surface area contributed by atoms with Gasteiger partial charge in [-0.05, 0) is 0 Å². The highest BCUT2D eigenvalue weighted by atomic mass is 32.1. The Kier molecular flexibility index (Phi) is 2.73. The maximum Gasteiger partial charge on any atom is 0.225 e. The normalized spacial score (nSPS) is 24.8. The predicted molar refractivity (Wildman–Crippen MR) is 79.8 cm³/mol. The van der Waals surface area contributed by atoms with Gasteiger partial charge in [-0.1, -0.05) is 30.3 Å². The van der Waals surface area contributed by atoms with Crippen LogP contribution in [0.1, 0.15) is 0 Å². The van der Waals surface area contributed by atoms with Gasteiger partial charge in [0.15, 0.2) is 5.13 Å². The van der Waals surface area contributed by atoms with Crippen LogP contribution in [-0.4, -0.2) is 30.5 Å². The van der Waals surface area contributed by atoms with Crippen LogP contribution < -0.4 is 10.2 Å². The van der Waals surface area contributed by atoms with E-state index >= 15 is 0 Å². The minimum absolute atomic E-state index is 0.152. The molecule has 0 bridgehead atoms. The van der Waals surface area contributed by atoms with E-state index in [0.717, 1.165) is 36.0 Å². The van der Waals surface area contributed by atoms with Crippen LogP contribution in [0.3, 0.4) is 0 Å². The Bertz CT molecular complexity index is 640. The second-order valence-corrected chi connectivity index (χ2v) is 6.23. The number of rotatable bonds is 2. The molecule has 5 heteroatoms. The first-order chi connectivity index (χ1) is 9.81. The lowest BCUT2D eigenvalue weighted by Crippen LogP contribution is -2.28. The number of hydrogen-bond acceptors (Lipinski definition) is 4. The van der Waals surface area contributed by atoms with Gasteiger partial charge < -0.3 is 10.2 Å². The Balaban J connectivity index is 1.56. The van der Waals surface area contributed by atoms with E-state index in [1.54, 1.807) is 11.3 Å². The van der Waals surface area contributed by atoms with E-state index in [2.05, 4.69) is 27.7 Å². The van der Waals surface area contributed by atoms with Crippen LogP contribution in [0.2, 0.25) is 0 Å². The molecule has 1 N–H and O–H groups in total. The molecule has 0 radical (unpaired) electrons. The minimum Gasteiger partial charge on any atom is -0.355 e. The van der Waals surface area contributed by atoms with E-state index in [-0.39, 0.29) is 11.8 Å². The number of thiazole rings is 1. The summed E-state index contributed by atoms with van der Waals surface area (Å²) in [7, 11) is 0. The molecule has 102 valence electrons. The summed E-state index contributed by atoms with van der Waals surface area (Å²) < 4.78 is 0. The van der Waals surface area contributed by atoms with Gasteiger partial charge in [-0.2, -0.15) is 0 Å². The van der Waals surface area contributed by atoms with Crippen LogP contribution >= 0.6 is 11.3 Å². The minimum atomic E-state index is 0.152. The van der Waals surface area contributed by atoms with Gasteiger partial charge in [-0.15, -0.1) is 11.3 Å². The van der Waals surface area contributed by atoms with Gasteiger partial charge in [0.25, 0.3) is 0 Å². The third-order valence-electron chi connectivity index (χ3n) is 4.15. The zero-order chi connectivity index (χ0) is 13.5. The number of aromatic nitrogens is 1. The van der Waals surface area contributed by atoms with Crippen molar-refractivity contribution >= 4 is 22.4 Å². The number of nitrogens with one attached hydrogen (secondary N) is 1. The summed E-state index contributed by atoms with van der Waals surface area (Å²) in [4.78, 5) is 18.7. The highest BCUT2D eigenvalue weighted by Gasteiger charge is 2.42. The summed E-state index contributed by atoms with van der Waals surface area (Å²) in [5.74, 6) is 0.808. The molecule has 2 aliphatic heterocycles. The molecule has 2 saturated heterocycles. The van der Waals surface area contributed by atoms with Crippen LogP contribution in [0, 0.1) is 11.8 Å². The fourth-order valence-corrected chi connectivity index (χ4v) is 3.90. The Labute approximate surface area is 121 Å². The third kappa shape index (κ3) is 1.89. The summed E-state index contributed by atoms with van der Waals surface area (Å²) in [6.45, 7) is 2.56. The molecular weight excluding hydrogens is 270 g/mol. The number of amides is 1. The Morgan fingerprint density at radius 1 is 1.25 bits per heavy atom. The monoisotopic (exact) mass is 285 g/mol. The number of benzene rings is 1. The molecule has 0 saturated carbocycles. The van der Waals surface area contributed by atoms with Crippen molar-refractivity contribution < 1.29 is 4.79 Å². The Morgan fingerprint density at radius 2 is 2.10 bits per heavy atom. The van der Waals surface area contributed by atoms with Crippen LogP contribution in [0.15, 0.2) is 35.7 Å². The summed E-state index contributed by atoms with van der Waals surface area (Å²) in [5.41, 5.74) is 2.17.